The van der Waals surface area contributed by atoms with E-state index in [1.807, 2.05) is 30.3 Å². The average molecular weight is 263 g/mol. The number of esters is 1. The lowest BCUT2D eigenvalue weighted by atomic mass is 10.2. The lowest BCUT2D eigenvalue weighted by Crippen LogP contribution is -2.18. The highest BCUT2D eigenvalue weighted by Gasteiger charge is 2.17. The van der Waals surface area contributed by atoms with Gasteiger partial charge in [0.2, 0.25) is 0 Å². The monoisotopic (exact) mass is 263 g/mol. The molecule has 1 fully saturated rings. The van der Waals surface area contributed by atoms with Gasteiger partial charge in [0.15, 0.2) is 0 Å². The Kier molecular flexibility index (Phi) is 5.69. The number of anilines is 1. The molecule has 0 bridgehead atoms. The maximum Gasteiger partial charge on any atom is 0.305 e. The predicted molar refractivity (Wildman–Crippen MR) is 74.1 cm³/mol. The topological polar surface area (TPSA) is 47.6 Å². The number of benzene rings is 1. The van der Waals surface area contributed by atoms with Crippen LogP contribution < -0.4 is 5.32 Å². The highest BCUT2D eigenvalue weighted by atomic mass is 16.6. The second-order valence-electron chi connectivity index (χ2n) is 4.71. The molecule has 1 unspecified atom stereocenters. The lowest BCUT2D eigenvalue weighted by molar-refractivity contribution is -0.146. The number of carbonyl (C=O) groups excluding carboxylic acids is 1. The number of para-hydroxylation sites is 1. The van der Waals surface area contributed by atoms with E-state index in [4.69, 9.17) is 9.47 Å². The number of ether oxygens (including phenoxy) is 2. The number of nitrogens with one attached hydrogen (secondary N) is 1. The van der Waals surface area contributed by atoms with Crippen molar-refractivity contribution in [2.24, 2.45) is 0 Å². The predicted octanol–water partition coefficient (Wildman–Crippen LogP) is 2.60. The van der Waals surface area contributed by atoms with Crippen LogP contribution in [0.15, 0.2) is 30.3 Å². The summed E-state index contributed by atoms with van der Waals surface area (Å²) in [5, 5.41) is 3.26. The van der Waals surface area contributed by atoms with Crippen LogP contribution in [0, 0.1) is 0 Å². The summed E-state index contributed by atoms with van der Waals surface area (Å²) in [6.07, 6.45) is 3.42. The molecular weight excluding hydrogens is 242 g/mol. The third-order valence-corrected chi connectivity index (χ3v) is 3.11. The Morgan fingerprint density at radius 2 is 2.21 bits per heavy atom. The van der Waals surface area contributed by atoms with Crippen molar-refractivity contribution < 1.29 is 14.3 Å². The Hall–Kier alpha value is -1.55. The maximum absolute atomic E-state index is 11.5. The second-order valence-corrected chi connectivity index (χ2v) is 4.71. The first kappa shape index (κ1) is 13.9. The van der Waals surface area contributed by atoms with Gasteiger partial charge < -0.3 is 14.8 Å². The van der Waals surface area contributed by atoms with Crippen molar-refractivity contribution in [3.63, 3.8) is 0 Å². The van der Waals surface area contributed by atoms with E-state index in [1.165, 1.54) is 0 Å². The van der Waals surface area contributed by atoms with Crippen LogP contribution in [-0.4, -0.2) is 31.8 Å². The van der Waals surface area contributed by atoms with Crippen molar-refractivity contribution in [3.05, 3.63) is 30.3 Å². The molecule has 1 heterocycles. The summed E-state index contributed by atoms with van der Waals surface area (Å²) in [5.74, 6) is -0.134. The average Bonchev–Trinajstić information content (AvgIpc) is 2.96. The van der Waals surface area contributed by atoms with E-state index < -0.39 is 0 Å². The molecule has 0 spiro atoms. The minimum atomic E-state index is -0.134. The zero-order valence-electron chi connectivity index (χ0n) is 11.1. The molecule has 104 valence electrons. The van der Waals surface area contributed by atoms with Crippen LogP contribution in [0.3, 0.4) is 0 Å². The summed E-state index contributed by atoms with van der Waals surface area (Å²) in [7, 11) is 0. The highest BCUT2D eigenvalue weighted by Crippen LogP contribution is 2.12. The normalized spacial score (nSPS) is 18.2. The van der Waals surface area contributed by atoms with Crippen LogP contribution in [0.25, 0.3) is 0 Å². The molecule has 4 nitrogen and oxygen atoms in total. The Balaban J connectivity index is 1.51. The van der Waals surface area contributed by atoms with Gasteiger partial charge in [-0.05, 0) is 31.4 Å². The van der Waals surface area contributed by atoms with E-state index in [2.05, 4.69) is 5.32 Å². The first-order valence-corrected chi connectivity index (χ1v) is 6.91. The molecule has 19 heavy (non-hydrogen) atoms. The van der Waals surface area contributed by atoms with E-state index in [-0.39, 0.29) is 12.1 Å². The molecule has 2 rings (SSSR count). The Bertz CT molecular complexity index is 374. The molecule has 4 heteroatoms. The van der Waals surface area contributed by atoms with Gasteiger partial charge in [-0.25, -0.2) is 0 Å². The van der Waals surface area contributed by atoms with Crippen molar-refractivity contribution in [2.45, 2.75) is 31.8 Å². The summed E-state index contributed by atoms with van der Waals surface area (Å²) in [4.78, 5) is 11.5. The van der Waals surface area contributed by atoms with Crippen molar-refractivity contribution in [1.29, 1.82) is 0 Å². The Morgan fingerprint density at radius 1 is 1.37 bits per heavy atom. The fourth-order valence-corrected chi connectivity index (χ4v) is 2.06. The van der Waals surface area contributed by atoms with Crippen LogP contribution in [-0.2, 0) is 14.3 Å². The third kappa shape index (κ3) is 5.30. The molecule has 1 aliphatic rings. The zero-order chi connectivity index (χ0) is 13.3. The van der Waals surface area contributed by atoms with Crippen LogP contribution in [0.1, 0.15) is 25.7 Å². The van der Waals surface area contributed by atoms with Crippen molar-refractivity contribution in [3.8, 4) is 0 Å². The van der Waals surface area contributed by atoms with Gasteiger partial charge in [-0.3, -0.25) is 4.79 Å². The van der Waals surface area contributed by atoms with Gasteiger partial charge in [0, 0.05) is 25.3 Å². The largest absolute Gasteiger partial charge is 0.463 e. The highest BCUT2D eigenvalue weighted by molar-refractivity contribution is 5.69. The van der Waals surface area contributed by atoms with E-state index in [0.29, 0.717) is 13.0 Å². The van der Waals surface area contributed by atoms with E-state index in [9.17, 15) is 4.79 Å². The number of carbonyl (C=O) groups is 1. The molecule has 0 saturated carbocycles. The Morgan fingerprint density at radius 3 is 2.95 bits per heavy atom. The molecule has 1 aromatic rings. The van der Waals surface area contributed by atoms with Gasteiger partial charge in [-0.15, -0.1) is 0 Å². The molecule has 0 aromatic heterocycles. The van der Waals surface area contributed by atoms with Gasteiger partial charge in [0.25, 0.3) is 0 Å². The number of hydrogen-bond donors (Lipinski definition) is 1. The van der Waals surface area contributed by atoms with Gasteiger partial charge in [-0.1, -0.05) is 18.2 Å². The molecular formula is C15H21NO3. The van der Waals surface area contributed by atoms with Crippen LogP contribution in [0.2, 0.25) is 0 Å². The molecule has 1 aromatic carbocycles. The summed E-state index contributed by atoms with van der Waals surface area (Å²) in [6, 6.07) is 9.97. The standard InChI is InChI=1S/C15H21NO3/c17-15(19-12-14-8-5-11-18-14)9-4-10-16-13-6-2-1-3-7-13/h1-3,6-7,14,16H,4-5,8-12H2. The Labute approximate surface area is 114 Å². The second kappa shape index (κ2) is 7.79. The van der Waals surface area contributed by atoms with Crippen LogP contribution in [0.5, 0.6) is 0 Å². The molecule has 0 aliphatic carbocycles. The minimum absolute atomic E-state index is 0.117. The van der Waals surface area contributed by atoms with Gasteiger partial charge in [0.1, 0.15) is 6.61 Å². The fourth-order valence-electron chi connectivity index (χ4n) is 2.06. The fraction of sp³-hybridized carbons (Fsp3) is 0.533. The summed E-state index contributed by atoms with van der Waals surface area (Å²) < 4.78 is 10.6. The van der Waals surface area contributed by atoms with Crippen LogP contribution >= 0.6 is 0 Å². The molecule has 1 atom stereocenters. The number of rotatable bonds is 7. The summed E-state index contributed by atoms with van der Waals surface area (Å²) in [5.41, 5.74) is 1.08. The zero-order valence-corrected chi connectivity index (χ0v) is 11.1. The number of hydrogen-bond acceptors (Lipinski definition) is 4. The molecule has 1 saturated heterocycles. The lowest BCUT2D eigenvalue weighted by Gasteiger charge is -2.10. The third-order valence-electron chi connectivity index (χ3n) is 3.11. The van der Waals surface area contributed by atoms with Gasteiger partial charge >= 0.3 is 5.97 Å². The van der Waals surface area contributed by atoms with Gasteiger partial charge in [-0.2, -0.15) is 0 Å². The molecule has 0 radical (unpaired) electrons. The van der Waals surface area contributed by atoms with Crippen LogP contribution in [0.4, 0.5) is 5.69 Å². The molecule has 1 N–H and O–H groups in total. The van der Waals surface area contributed by atoms with E-state index in [1.54, 1.807) is 0 Å². The van der Waals surface area contributed by atoms with E-state index >= 15 is 0 Å². The smallest absolute Gasteiger partial charge is 0.305 e. The first-order valence-electron chi connectivity index (χ1n) is 6.91. The first-order chi connectivity index (χ1) is 9.34. The summed E-state index contributed by atoms with van der Waals surface area (Å²) in [6.45, 7) is 1.98. The SMILES string of the molecule is O=C(CCCNc1ccccc1)OCC1CCCO1. The minimum Gasteiger partial charge on any atom is -0.463 e. The van der Waals surface area contributed by atoms with Crippen molar-refractivity contribution in [2.75, 3.05) is 25.1 Å². The van der Waals surface area contributed by atoms with Crippen molar-refractivity contribution >= 4 is 11.7 Å². The molecule has 1 aliphatic heterocycles. The summed E-state index contributed by atoms with van der Waals surface area (Å²) >= 11 is 0. The van der Waals surface area contributed by atoms with Gasteiger partial charge in [0.05, 0.1) is 6.10 Å². The van der Waals surface area contributed by atoms with Crippen molar-refractivity contribution in [1.82, 2.24) is 0 Å². The molecule has 0 amide bonds. The quantitative estimate of drug-likeness (QED) is 0.607. The maximum atomic E-state index is 11.5. The van der Waals surface area contributed by atoms with E-state index in [0.717, 1.165) is 38.1 Å².